The van der Waals surface area contributed by atoms with Crippen LogP contribution in [0.25, 0.3) is 0 Å². The van der Waals surface area contributed by atoms with Crippen LogP contribution in [0.15, 0.2) is 18.2 Å². The Hall–Kier alpha value is -1.69. The fraction of sp³-hybridized carbons (Fsp3) is 0.500. The summed E-state index contributed by atoms with van der Waals surface area (Å²) in [6.45, 7) is 0.249. The van der Waals surface area contributed by atoms with Crippen molar-refractivity contribution in [3.63, 3.8) is 0 Å². The Morgan fingerprint density at radius 2 is 2.15 bits per heavy atom. The molecule has 1 amide bonds. The smallest absolute Gasteiger partial charge is 0.260 e. The van der Waals surface area contributed by atoms with Gasteiger partial charge in [0.15, 0.2) is 18.2 Å². The second-order valence-electron chi connectivity index (χ2n) is 5.13. The van der Waals surface area contributed by atoms with Gasteiger partial charge in [0.05, 0.1) is 6.10 Å². The van der Waals surface area contributed by atoms with Crippen LogP contribution in [0.5, 0.6) is 5.75 Å². The second kappa shape index (κ2) is 6.17. The number of carbonyl (C=O) groups is 1. The van der Waals surface area contributed by atoms with Gasteiger partial charge >= 0.3 is 0 Å². The molecular weight excluding hydrogens is 268 g/mol. The third kappa shape index (κ3) is 3.66. The molecule has 1 aliphatic rings. The summed E-state index contributed by atoms with van der Waals surface area (Å²) in [7, 11) is 1.64. The van der Waals surface area contributed by atoms with Crippen molar-refractivity contribution in [3.05, 3.63) is 29.8 Å². The average Bonchev–Trinajstić information content (AvgIpc) is 2.35. The summed E-state index contributed by atoms with van der Waals surface area (Å²) in [5.41, 5.74) is 0. The molecule has 2 rings (SSSR count). The Morgan fingerprint density at radius 3 is 2.75 bits per heavy atom. The third-order valence-corrected chi connectivity index (χ3v) is 3.41. The largest absolute Gasteiger partial charge is 0.481 e. The Balaban J connectivity index is 1.79. The highest BCUT2D eigenvalue weighted by molar-refractivity contribution is 5.77. The number of carbonyl (C=O) groups excluding carboxylic acids is 1. The standard InChI is InChI=1S/C14H17F2NO3/c1-17(7-9-4-11(18)5-9)14(19)8-20-13-3-2-10(15)6-12(13)16/h2-3,6,9,11,18H,4-5,7-8H2,1H3. The van der Waals surface area contributed by atoms with E-state index in [4.69, 9.17) is 4.74 Å². The predicted octanol–water partition coefficient (Wildman–Crippen LogP) is 1.57. The molecule has 0 heterocycles. The molecule has 0 spiro atoms. The van der Waals surface area contributed by atoms with Crippen LogP contribution in [0.1, 0.15) is 12.8 Å². The van der Waals surface area contributed by atoms with E-state index < -0.39 is 11.6 Å². The van der Waals surface area contributed by atoms with Gasteiger partial charge in [-0.05, 0) is 30.9 Å². The van der Waals surface area contributed by atoms with Gasteiger partial charge in [0.1, 0.15) is 5.82 Å². The number of aliphatic hydroxyl groups excluding tert-OH is 1. The van der Waals surface area contributed by atoms with Crippen molar-refractivity contribution in [1.82, 2.24) is 4.90 Å². The van der Waals surface area contributed by atoms with Crippen molar-refractivity contribution in [2.75, 3.05) is 20.2 Å². The first-order chi connectivity index (χ1) is 9.45. The lowest BCUT2D eigenvalue weighted by Gasteiger charge is -2.34. The lowest BCUT2D eigenvalue weighted by molar-refractivity contribution is -0.133. The van der Waals surface area contributed by atoms with Crippen molar-refractivity contribution in [2.24, 2.45) is 5.92 Å². The number of halogens is 2. The highest BCUT2D eigenvalue weighted by Crippen LogP contribution is 2.27. The molecule has 1 aromatic rings. The monoisotopic (exact) mass is 285 g/mol. The first-order valence-corrected chi connectivity index (χ1v) is 6.45. The number of amides is 1. The highest BCUT2D eigenvalue weighted by Gasteiger charge is 2.29. The minimum absolute atomic E-state index is 0.146. The zero-order valence-electron chi connectivity index (χ0n) is 11.2. The molecule has 0 aliphatic heterocycles. The summed E-state index contributed by atoms with van der Waals surface area (Å²) in [6.07, 6.45) is 1.14. The van der Waals surface area contributed by atoms with E-state index in [1.54, 1.807) is 7.05 Å². The van der Waals surface area contributed by atoms with E-state index in [2.05, 4.69) is 0 Å². The number of hydrogen-bond donors (Lipinski definition) is 1. The Kier molecular flexibility index (Phi) is 4.54. The van der Waals surface area contributed by atoms with Crippen LogP contribution in [0, 0.1) is 17.6 Å². The number of benzene rings is 1. The van der Waals surface area contributed by atoms with E-state index in [1.165, 1.54) is 4.90 Å². The topological polar surface area (TPSA) is 49.8 Å². The zero-order chi connectivity index (χ0) is 14.7. The molecule has 0 aromatic heterocycles. The van der Waals surface area contributed by atoms with Crippen molar-refractivity contribution in [2.45, 2.75) is 18.9 Å². The van der Waals surface area contributed by atoms with E-state index in [0.717, 1.165) is 12.1 Å². The summed E-state index contributed by atoms with van der Waals surface area (Å²) in [4.78, 5) is 13.3. The molecule has 0 unspecified atom stereocenters. The third-order valence-electron chi connectivity index (χ3n) is 3.41. The molecule has 1 aliphatic carbocycles. The van der Waals surface area contributed by atoms with Crippen molar-refractivity contribution in [3.8, 4) is 5.75 Å². The number of rotatable bonds is 5. The molecule has 1 fully saturated rings. The van der Waals surface area contributed by atoms with Gasteiger partial charge in [0.25, 0.3) is 5.91 Å². The number of nitrogens with zero attached hydrogens (tertiary/aromatic N) is 1. The fourth-order valence-corrected chi connectivity index (χ4v) is 2.18. The van der Waals surface area contributed by atoms with Crippen LogP contribution in [0.4, 0.5) is 8.78 Å². The van der Waals surface area contributed by atoms with Crippen LogP contribution in [0.3, 0.4) is 0 Å². The molecule has 1 saturated carbocycles. The normalized spacial score (nSPS) is 21.2. The first-order valence-electron chi connectivity index (χ1n) is 6.45. The van der Waals surface area contributed by atoms with Gasteiger partial charge in [-0.2, -0.15) is 0 Å². The maximum atomic E-state index is 13.3. The minimum atomic E-state index is -0.831. The fourth-order valence-electron chi connectivity index (χ4n) is 2.18. The molecule has 20 heavy (non-hydrogen) atoms. The number of hydrogen-bond acceptors (Lipinski definition) is 3. The van der Waals surface area contributed by atoms with Gasteiger partial charge in [-0.25, -0.2) is 8.78 Å². The molecule has 110 valence electrons. The molecule has 4 nitrogen and oxygen atoms in total. The zero-order valence-corrected chi connectivity index (χ0v) is 11.2. The van der Waals surface area contributed by atoms with E-state index in [9.17, 15) is 18.7 Å². The maximum absolute atomic E-state index is 13.3. The van der Waals surface area contributed by atoms with Gasteiger partial charge in [0, 0.05) is 19.7 Å². The van der Waals surface area contributed by atoms with Gasteiger partial charge in [-0.3, -0.25) is 4.79 Å². The molecular formula is C14H17F2NO3. The lowest BCUT2D eigenvalue weighted by atomic mass is 9.82. The van der Waals surface area contributed by atoms with Gasteiger partial charge < -0.3 is 14.7 Å². The summed E-state index contributed by atoms with van der Waals surface area (Å²) in [5, 5.41) is 9.17. The van der Waals surface area contributed by atoms with E-state index in [1.807, 2.05) is 0 Å². The molecule has 0 saturated heterocycles. The minimum Gasteiger partial charge on any atom is -0.481 e. The predicted molar refractivity (Wildman–Crippen MR) is 68.2 cm³/mol. The van der Waals surface area contributed by atoms with Crippen LogP contribution in [0.2, 0.25) is 0 Å². The van der Waals surface area contributed by atoms with Crippen molar-refractivity contribution >= 4 is 5.91 Å². The van der Waals surface area contributed by atoms with Crippen LogP contribution in [-0.4, -0.2) is 42.2 Å². The van der Waals surface area contributed by atoms with Crippen LogP contribution >= 0.6 is 0 Å². The molecule has 1 aromatic carbocycles. The van der Waals surface area contributed by atoms with E-state index in [0.29, 0.717) is 31.4 Å². The Labute approximate surface area is 116 Å². The summed E-state index contributed by atoms with van der Waals surface area (Å²) >= 11 is 0. The quantitative estimate of drug-likeness (QED) is 0.893. The molecule has 6 heteroatoms. The molecule has 0 radical (unpaired) electrons. The van der Waals surface area contributed by atoms with Gasteiger partial charge in [-0.1, -0.05) is 0 Å². The number of ether oxygens (including phenoxy) is 1. The summed E-state index contributed by atoms with van der Waals surface area (Å²) in [6, 6.07) is 2.93. The molecule has 0 bridgehead atoms. The van der Waals surface area contributed by atoms with Crippen LogP contribution < -0.4 is 4.74 Å². The maximum Gasteiger partial charge on any atom is 0.260 e. The molecule has 1 N–H and O–H groups in total. The first kappa shape index (κ1) is 14.7. The summed E-state index contributed by atoms with van der Waals surface area (Å²) < 4.78 is 31.1. The lowest BCUT2D eigenvalue weighted by Crippen LogP contribution is -2.41. The van der Waals surface area contributed by atoms with Gasteiger partial charge in [0.2, 0.25) is 0 Å². The second-order valence-corrected chi connectivity index (χ2v) is 5.13. The Morgan fingerprint density at radius 1 is 1.45 bits per heavy atom. The average molecular weight is 285 g/mol. The van der Waals surface area contributed by atoms with Crippen molar-refractivity contribution in [1.29, 1.82) is 0 Å². The van der Waals surface area contributed by atoms with Gasteiger partial charge in [-0.15, -0.1) is 0 Å². The number of aliphatic hydroxyl groups is 1. The van der Waals surface area contributed by atoms with E-state index in [-0.39, 0.29) is 24.4 Å². The summed E-state index contributed by atoms with van der Waals surface area (Å²) in [5.74, 6) is -1.65. The van der Waals surface area contributed by atoms with Crippen LogP contribution in [-0.2, 0) is 4.79 Å². The SMILES string of the molecule is CN(CC1CC(O)C1)C(=O)COc1ccc(F)cc1F. The van der Waals surface area contributed by atoms with E-state index >= 15 is 0 Å². The molecule has 0 atom stereocenters. The number of likely N-dealkylation sites (N-methyl/N-ethyl adjacent to an activating group) is 1. The Bertz CT molecular complexity index is 489. The van der Waals surface area contributed by atoms with Crippen molar-refractivity contribution < 1.29 is 23.4 Å². The highest BCUT2D eigenvalue weighted by atomic mass is 19.1.